The van der Waals surface area contributed by atoms with E-state index in [9.17, 15) is 9.59 Å². The number of carbonyl (C=O) groups excluding carboxylic acids is 1. The van der Waals surface area contributed by atoms with Gasteiger partial charge in [0.05, 0.1) is 0 Å². The molecule has 0 aromatic heterocycles. The highest BCUT2D eigenvalue weighted by Crippen LogP contribution is 2.14. The first-order chi connectivity index (χ1) is 8.49. The number of amides is 1. The van der Waals surface area contributed by atoms with Gasteiger partial charge >= 0.3 is 5.97 Å². The summed E-state index contributed by atoms with van der Waals surface area (Å²) < 4.78 is 0. The fourth-order valence-electron chi connectivity index (χ4n) is 1.77. The van der Waals surface area contributed by atoms with Gasteiger partial charge in [0.15, 0.2) is 0 Å². The summed E-state index contributed by atoms with van der Waals surface area (Å²) in [6.07, 6.45) is 3.13. The highest BCUT2D eigenvalue weighted by molar-refractivity contribution is 5.76. The first-order valence-electron chi connectivity index (χ1n) is 6.68. The van der Waals surface area contributed by atoms with Crippen LogP contribution in [0.5, 0.6) is 0 Å². The van der Waals surface area contributed by atoms with Crippen molar-refractivity contribution in [3.63, 3.8) is 0 Å². The molecule has 0 saturated heterocycles. The van der Waals surface area contributed by atoms with Crippen LogP contribution in [0.2, 0.25) is 0 Å². The van der Waals surface area contributed by atoms with Gasteiger partial charge in [-0.15, -0.1) is 0 Å². The maximum Gasteiger partial charge on any atom is 0.303 e. The van der Waals surface area contributed by atoms with Crippen LogP contribution in [0, 0.1) is 11.8 Å². The second kappa shape index (κ2) is 9.88. The minimum absolute atomic E-state index is 0.0287. The number of hydrogen-bond donors (Lipinski definition) is 3. The first-order valence-corrected chi connectivity index (χ1v) is 6.68. The molecule has 5 nitrogen and oxygen atoms in total. The fourth-order valence-corrected chi connectivity index (χ4v) is 1.77. The average molecular weight is 258 g/mol. The number of carboxylic acids is 1. The van der Waals surface area contributed by atoms with Crippen molar-refractivity contribution in [1.82, 2.24) is 5.32 Å². The van der Waals surface area contributed by atoms with E-state index in [1.54, 1.807) is 0 Å². The van der Waals surface area contributed by atoms with E-state index < -0.39 is 5.97 Å². The van der Waals surface area contributed by atoms with Crippen LogP contribution in [0.4, 0.5) is 0 Å². The van der Waals surface area contributed by atoms with Gasteiger partial charge in [0, 0.05) is 19.4 Å². The lowest BCUT2D eigenvalue weighted by atomic mass is 9.96. The van der Waals surface area contributed by atoms with Gasteiger partial charge in [-0.1, -0.05) is 20.3 Å². The Balaban J connectivity index is 3.72. The van der Waals surface area contributed by atoms with Gasteiger partial charge < -0.3 is 16.2 Å². The number of nitrogens with one attached hydrogen (secondary N) is 1. The minimum atomic E-state index is -0.755. The maximum absolute atomic E-state index is 11.5. The zero-order valence-corrected chi connectivity index (χ0v) is 11.4. The number of carbonyl (C=O) groups is 2. The van der Waals surface area contributed by atoms with Gasteiger partial charge in [-0.2, -0.15) is 0 Å². The summed E-state index contributed by atoms with van der Waals surface area (Å²) in [6.45, 7) is 5.13. The zero-order chi connectivity index (χ0) is 14.0. The predicted molar refractivity (Wildman–Crippen MR) is 71.1 cm³/mol. The summed E-state index contributed by atoms with van der Waals surface area (Å²) in [4.78, 5) is 22.0. The van der Waals surface area contributed by atoms with Gasteiger partial charge in [-0.05, 0) is 31.2 Å². The summed E-state index contributed by atoms with van der Waals surface area (Å²) in [5.41, 5.74) is 5.45. The van der Waals surface area contributed by atoms with Crippen LogP contribution in [0.1, 0.15) is 46.0 Å². The largest absolute Gasteiger partial charge is 0.481 e. The summed E-state index contributed by atoms with van der Waals surface area (Å²) in [6, 6.07) is 0. The molecule has 1 amide bonds. The lowest BCUT2D eigenvalue weighted by molar-refractivity contribution is -0.137. The number of rotatable bonds is 10. The van der Waals surface area contributed by atoms with Crippen molar-refractivity contribution >= 4 is 11.9 Å². The zero-order valence-electron chi connectivity index (χ0n) is 11.4. The molecule has 0 spiro atoms. The second-order valence-electron chi connectivity index (χ2n) is 4.89. The smallest absolute Gasteiger partial charge is 0.303 e. The monoisotopic (exact) mass is 258 g/mol. The highest BCUT2D eigenvalue weighted by atomic mass is 16.4. The van der Waals surface area contributed by atoms with Crippen molar-refractivity contribution in [3.8, 4) is 0 Å². The van der Waals surface area contributed by atoms with Crippen molar-refractivity contribution in [3.05, 3.63) is 0 Å². The van der Waals surface area contributed by atoms with Crippen molar-refractivity contribution < 1.29 is 14.7 Å². The van der Waals surface area contributed by atoms with Crippen LogP contribution >= 0.6 is 0 Å². The molecular formula is C13H26N2O3. The Hall–Kier alpha value is -1.10. The van der Waals surface area contributed by atoms with Crippen LogP contribution in [-0.2, 0) is 9.59 Å². The SMILES string of the molecule is CCC(CCNC(=O)CC(C)CN)CCC(=O)O. The molecule has 0 aliphatic rings. The Kier molecular flexibility index (Phi) is 9.28. The molecule has 0 aromatic rings. The van der Waals surface area contributed by atoms with Gasteiger partial charge in [-0.3, -0.25) is 9.59 Å². The summed E-state index contributed by atoms with van der Waals surface area (Å²) in [7, 11) is 0. The maximum atomic E-state index is 11.5. The third-order valence-electron chi connectivity index (χ3n) is 3.15. The summed E-state index contributed by atoms with van der Waals surface area (Å²) >= 11 is 0. The van der Waals surface area contributed by atoms with Crippen LogP contribution in [0.15, 0.2) is 0 Å². The molecule has 0 aliphatic carbocycles. The van der Waals surface area contributed by atoms with E-state index in [4.69, 9.17) is 10.8 Å². The lowest BCUT2D eigenvalue weighted by Gasteiger charge is -2.14. The highest BCUT2D eigenvalue weighted by Gasteiger charge is 2.10. The molecule has 0 aliphatic heterocycles. The number of carboxylic acid groups (broad SMARTS) is 1. The van der Waals surface area contributed by atoms with Crippen LogP contribution < -0.4 is 11.1 Å². The third-order valence-corrected chi connectivity index (χ3v) is 3.15. The number of aliphatic carboxylic acids is 1. The molecule has 0 heterocycles. The van der Waals surface area contributed by atoms with Crippen LogP contribution in [0.3, 0.4) is 0 Å². The molecule has 18 heavy (non-hydrogen) atoms. The minimum Gasteiger partial charge on any atom is -0.481 e. The third kappa shape index (κ3) is 8.98. The quantitative estimate of drug-likeness (QED) is 0.552. The Labute approximate surface area is 109 Å². The van der Waals surface area contributed by atoms with E-state index >= 15 is 0 Å². The molecule has 0 aromatic carbocycles. The van der Waals surface area contributed by atoms with E-state index in [2.05, 4.69) is 5.32 Å². The second-order valence-corrected chi connectivity index (χ2v) is 4.89. The summed E-state index contributed by atoms with van der Waals surface area (Å²) in [5, 5.41) is 11.5. The van der Waals surface area contributed by atoms with Crippen LogP contribution in [-0.4, -0.2) is 30.1 Å². The van der Waals surface area contributed by atoms with Crippen molar-refractivity contribution in [1.29, 1.82) is 0 Å². The molecule has 0 rings (SSSR count). The molecule has 0 saturated carbocycles. The van der Waals surface area contributed by atoms with Crippen molar-refractivity contribution in [2.24, 2.45) is 17.6 Å². The van der Waals surface area contributed by atoms with Crippen molar-refractivity contribution in [2.45, 2.75) is 46.0 Å². The molecule has 0 fully saturated rings. The Morgan fingerprint density at radius 3 is 2.50 bits per heavy atom. The van der Waals surface area contributed by atoms with Gasteiger partial charge in [0.1, 0.15) is 0 Å². The fraction of sp³-hybridized carbons (Fsp3) is 0.846. The molecule has 0 radical (unpaired) electrons. The molecule has 106 valence electrons. The van der Waals surface area contributed by atoms with Gasteiger partial charge in [0.2, 0.25) is 5.91 Å². The first kappa shape index (κ1) is 16.9. The standard InChI is InChI=1S/C13H26N2O3/c1-3-11(4-5-13(17)18)6-7-15-12(16)8-10(2)9-14/h10-11H,3-9,14H2,1-2H3,(H,15,16)(H,17,18). The predicted octanol–water partition coefficient (Wildman–Crippen LogP) is 1.37. The Morgan fingerprint density at radius 2 is 2.00 bits per heavy atom. The van der Waals surface area contributed by atoms with Crippen molar-refractivity contribution in [2.75, 3.05) is 13.1 Å². The van der Waals surface area contributed by atoms with Gasteiger partial charge in [-0.25, -0.2) is 0 Å². The normalized spacial score (nSPS) is 13.9. The van der Waals surface area contributed by atoms with E-state index in [1.165, 1.54) is 0 Å². The molecule has 4 N–H and O–H groups in total. The molecule has 5 heteroatoms. The number of nitrogens with two attached hydrogens (primary N) is 1. The molecule has 2 atom stereocenters. The molecular weight excluding hydrogens is 232 g/mol. The van der Waals surface area contributed by atoms with E-state index in [0.29, 0.717) is 31.8 Å². The van der Waals surface area contributed by atoms with Gasteiger partial charge in [0.25, 0.3) is 0 Å². The van der Waals surface area contributed by atoms with E-state index in [-0.39, 0.29) is 18.2 Å². The van der Waals surface area contributed by atoms with E-state index in [0.717, 1.165) is 12.8 Å². The molecule has 2 unspecified atom stereocenters. The van der Waals surface area contributed by atoms with E-state index in [1.807, 2.05) is 13.8 Å². The average Bonchev–Trinajstić information content (AvgIpc) is 2.32. The number of hydrogen-bond acceptors (Lipinski definition) is 3. The summed E-state index contributed by atoms with van der Waals surface area (Å²) in [5.74, 6) is -0.150. The van der Waals surface area contributed by atoms with Crippen LogP contribution in [0.25, 0.3) is 0 Å². The lowest BCUT2D eigenvalue weighted by Crippen LogP contribution is -2.29. The topological polar surface area (TPSA) is 92.4 Å². The Morgan fingerprint density at radius 1 is 1.33 bits per heavy atom. The Bertz CT molecular complexity index is 257. The molecule has 0 bridgehead atoms.